The molecule has 1 aromatic rings. The van der Waals surface area contributed by atoms with Crippen molar-refractivity contribution in [3.8, 4) is 0 Å². The molecule has 2 nitrogen and oxygen atoms in total. The van der Waals surface area contributed by atoms with Gasteiger partial charge in [0.25, 0.3) is 6.08 Å². The monoisotopic (exact) mass is 286 g/mol. The smallest absolute Gasteiger partial charge is 0.289 e. The Hall–Kier alpha value is -0.930. The lowest BCUT2D eigenvalue weighted by molar-refractivity contribution is 0.342. The number of aromatic amines is 1. The number of aromatic nitrogens is 2. The number of hydrogen-bond donors (Lipinski definition) is 1. The van der Waals surface area contributed by atoms with Gasteiger partial charge in [-0.25, -0.2) is 4.98 Å². The Morgan fingerprint density at radius 1 is 0.950 bits per heavy atom. The van der Waals surface area contributed by atoms with Crippen molar-refractivity contribution in [2.24, 2.45) is 0 Å². The second kappa shape index (κ2) is 8.38. The minimum atomic E-state index is -0.812. The number of unbranched alkanes of at least 4 members (excludes halogenated alkanes) is 5. The molecule has 1 aromatic heterocycles. The van der Waals surface area contributed by atoms with Crippen molar-refractivity contribution in [1.82, 2.24) is 9.97 Å². The molecule has 4 heteroatoms. The van der Waals surface area contributed by atoms with Crippen molar-refractivity contribution in [1.29, 1.82) is 0 Å². The van der Waals surface area contributed by atoms with Crippen LogP contribution in [0.1, 0.15) is 84.3 Å². The van der Waals surface area contributed by atoms with E-state index in [2.05, 4.69) is 23.8 Å². The van der Waals surface area contributed by atoms with E-state index in [4.69, 9.17) is 0 Å². The van der Waals surface area contributed by atoms with Gasteiger partial charge in [-0.2, -0.15) is 8.78 Å². The van der Waals surface area contributed by atoms with Crippen molar-refractivity contribution in [3.63, 3.8) is 0 Å². The van der Waals surface area contributed by atoms with E-state index in [1.54, 1.807) is 0 Å². The van der Waals surface area contributed by atoms with Crippen LogP contribution in [0.4, 0.5) is 8.78 Å². The molecule has 0 fully saturated rings. The molecule has 0 aliphatic carbocycles. The summed E-state index contributed by atoms with van der Waals surface area (Å²) in [4.78, 5) is 5.82. The third-order valence-corrected chi connectivity index (χ3v) is 4.12. The molecule has 116 valence electrons. The number of hydrogen-bond acceptors (Lipinski definition) is 1. The molecule has 0 aliphatic rings. The van der Waals surface area contributed by atoms with Crippen molar-refractivity contribution in [2.45, 2.75) is 84.0 Å². The van der Waals surface area contributed by atoms with Crippen LogP contribution >= 0.6 is 0 Å². The lowest BCUT2D eigenvalue weighted by atomic mass is 9.77. The minimum Gasteiger partial charge on any atom is -0.291 e. The first-order valence-electron chi connectivity index (χ1n) is 7.95. The lowest BCUT2D eigenvalue weighted by Crippen LogP contribution is -2.24. The van der Waals surface area contributed by atoms with Crippen LogP contribution in [-0.4, -0.2) is 9.97 Å². The van der Waals surface area contributed by atoms with Crippen molar-refractivity contribution < 1.29 is 8.78 Å². The molecular formula is C16H28F2N2. The van der Waals surface area contributed by atoms with E-state index in [1.165, 1.54) is 12.8 Å². The topological polar surface area (TPSA) is 28.7 Å². The molecule has 0 spiro atoms. The predicted molar refractivity (Wildman–Crippen MR) is 78.8 cm³/mol. The zero-order valence-corrected chi connectivity index (χ0v) is 13.1. The fourth-order valence-electron chi connectivity index (χ4n) is 2.79. The number of rotatable bonds is 10. The highest BCUT2D eigenvalue weighted by molar-refractivity contribution is 5.14. The summed E-state index contributed by atoms with van der Waals surface area (Å²) in [6.45, 7) is 6.34. The van der Waals surface area contributed by atoms with E-state index in [9.17, 15) is 8.78 Å². The maximum absolute atomic E-state index is 13.8. The molecule has 1 rings (SSSR count). The molecule has 0 bridgehead atoms. The average molecular weight is 286 g/mol. The van der Waals surface area contributed by atoms with Gasteiger partial charge in [-0.1, -0.05) is 65.7 Å². The van der Waals surface area contributed by atoms with Crippen LogP contribution < -0.4 is 0 Å². The fourth-order valence-corrected chi connectivity index (χ4v) is 2.79. The Morgan fingerprint density at radius 3 is 2.00 bits per heavy atom. The van der Waals surface area contributed by atoms with E-state index in [1.807, 2.05) is 6.92 Å². The molecule has 1 heterocycles. The first kappa shape index (κ1) is 17.1. The van der Waals surface area contributed by atoms with E-state index >= 15 is 0 Å². The molecule has 0 saturated heterocycles. The molecule has 0 saturated carbocycles. The summed E-state index contributed by atoms with van der Waals surface area (Å²) < 4.78 is 27.0. The summed E-state index contributed by atoms with van der Waals surface area (Å²) in [5, 5.41) is 0. The van der Waals surface area contributed by atoms with Crippen LogP contribution in [0.2, 0.25) is 0 Å². The summed E-state index contributed by atoms with van der Waals surface area (Å²) in [7, 11) is 0. The first-order chi connectivity index (χ1) is 9.53. The SMILES string of the molecule is CCCCCCC(C)(CCCCC)c1nc(F)[nH]c1F. The van der Waals surface area contributed by atoms with Gasteiger partial charge in [0.15, 0.2) is 0 Å². The number of imidazole rings is 1. The molecule has 1 unspecified atom stereocenters. The number of nitrogens with zero attached hydrogens (tertiary/aromatic N) is 1. The molecule has 0 amide bonds. The van der Waals surface area contributed by atoms with E-state index < -0.39 is 12.0 Å². The van der Waals surface area contributed by atoms with Crippen molar-refractivity contribution >= 4 is 0 Å². The third-order valence-electron chi connectivity index (χ3n) is 4.12. The van der Waals surface area contributed by atoms with Gasteiger partial charge < -0.3 is 0 Å². The molecule has 1 N–H and O–H groups in total. The van der Waals surface area contributed by atoms with E-state index in [-0.39, 0.29) is 11.1 Å². The lowest BCUT2D eigenvalue weighted by Gasteiger charge is -2.28. The van der Waals surface area contributed by atoms with Crippen LogP contribution in [0.5, 0.6) is 0 Å². The van der Waals surface area contributed by atoms with Gasteiger partial charge in [-0.05, 0) is 12.8 Å². The van der Waals surface area contributed by atoms with Crippen LogP contribution in [0.3, 0.4) is 0 Å². The van der Waals surface area contributed by atoms with Crippen LogP contribution in [-0.2, 0) is 5.41 Å². The van der Waals surface area contributed by atoms with Gasteiger partial charge in [-0.15, -0.1) is 0 Å². The molecule has 1 atom stereocenters. The number of H-pyrrole nitrogens is 1. The van der Waals surface area contributed by atoms with Crippen molar-refractivity contribution in [2.75, 3.05) is 0 Å². The maximum atomic E-state index is 13.8. The molecule has 20 heavy (non-hydrogen) atoms. The molecular weight excluding hydrogens is 258 g/mol. The minimum absolute atomic E-state index is 0.280. The summed E-state index contributed by atoms with van der Waals surface area (Å²) in [6.07, 6.45) is 8.79. The van der Waals surface area contributed by atoms with Crippen LogP contribution in [0.25, 0.3) is 0 Å². The fraction of sp³-hybridized carbons (Fsp3) is 0.812. The van der Waals surface area contributed by atoms with Gasteiger partial charge in [0.05, 0.1) is 0 Å². The third kappa shape index (κ3) is 4.88. The largest absolute Gasteiger partial charge is 0.291 e. The van der Waals surface area contributed by atoms with Gasteiger partial charge >= 0.3 is 0 Å². The van der Waals surface area contributed by atoms with Crippen LogP contribution in [0.15, 0.2) is 0 Å². The maximum Gasteiger partial charge on any atom is 0.289 e. The number of halogens is 2. The van der Waals surface area contributed by atoms with Crippen molar-refractivity contribution in [3.05, 3.63) is 17.7 Å². The van der Waals surface area contributed by atoms with E-state index in [0.717, 1.165) is 44.9 Å². The quantitative estimate of drug-likeness (QED) is 0.565. The first-order valence-corrected chi connectivity index (χ1v) is 7.95. The Balaban J connectivity index is 2.74. The summed E-state index contributed by atoms with van der Waals surface area (Å²) in [5.41, 5.74) is -0.0732. The summed E-state index contributed by atoms with van der Waals surface area (Å²) in [6, 6.07) is 0. The van der Waals surface area contributed by atoms with Gasteiger partial charge in [0.2, 0.25) is 5.95 Å². The average Bonchev–Trinajstić information content (AvgIpc) is 2.75. The Bertz CT molecular complexity index is 390. The second-order valence-electron chi connectivity index (χ2n) is 6.02. The molecule has 0 aromatic carbocycles. The highest BCUT2D eigenvalue weighted by Gasteiger charge is 2.32. The highest BCUT2D eigenvalue weighted by Crippen LogP contribution is 2.35. The van der Waals surface area contributed by atoms with Gasteiger partial charge in [-0.3, -0.25) is 4.98 Å². The zero-order valence-electron chi connectivity index (χ0n) is 13.1. The Kier molecular flexibility index (Phi) is 7.17. The zero-order chi connectivity index (χ0) is 15.0. The summed E-state index contributed by atoms with van der Waals surface area (Å²) in [5.74, 6) is -0.600. The van der Waals surface area contributed by atoms with Gasteiger partial charge in [0.1, 0.15) is 5.69 Å². The molecule has 0 aliphatic heterocycles. The number of nitrogens with one attached hydrogen (secondary N) is 1. The normalized spacial score (nSPS) is 14.4. The Labute approximate surface area is 121 Å². The molecule has 0 radical (unpaired) electrons. The summed E-state index contributed by atoms with van der Waals surface area (Å²) >= 11 is 0. The van der Waals surface area contributed by atoms with Gasteiger partial charge in [0, 0.05) is 5.41 Å². The Morgan fingerprint density at radius 2 is 1.50 bits per heavy atom. The predicted octanol–water partition coefficient (Wildman–Crippen LogP) is 5.50. The van der Waals surface area contributed by atoms with E-state index in [0.29, 0.717) is 0 Å². The standard InChI is InChI=1S/C16H28F2N2/c1-4-6-8-10-12-16(3,11-9-7-5-2)13-14(17)20-15(18)19-13/h4-12H2,1-3H3,(H,19,20). The second-order valence-corrected chi connectivity index (χ2v) is 6.02. The highest BCUT2D eigenvalue weighted by atomic mass is 19.1. The van der Waals surface area contributed by atoms with Crippen LogP contribution in [0, 0.1) is 12.0 Å².